The van der Waals surface area contributed by atoms with E-state index in [9.17, 15) is 4.79 Å². The number of piperazine rings is 1. The zero-order valence-electron chi connectivity index (χ0n) is 18.6. The van der Waals surface area contributed by atoms with Crippen LogP contribution in [0, 0.1) is 0 Å². The number of rotatable bonds is 4. The Morgan fingerprint density at radius 2 is 1.91 bits per heavy atom. The Morgan fingerprint density at radius 3 is 2.69 bits per heavy atom. The SMILES string of the molecule is CCCc1nc(N2CCN(C(=O)c3cccc(Cl)c3)CC2)c2c3c(sc2n1)CCCCC3. The van der Waals surface area contributed by atoms with Crippen LogP contribution in [0.3, 0.4) is 0 Å². The molecule has 1 aliphatic carbocycles. The molecule has 0 atom stereocenters. The lowest BCUT2D eigenvalue weighted by Crippen LogP contribution is -2.49. The number of carbonyl (C=O) groups excluding carboxylic acids is 1. The number of thiophene rings is 1. The van der Waals surface area contributed by atoms with E-state index in [2.05, 4.69) is 11.8 Å². The highest BCUT2D eigenvalue weighted by Gasteiger charge is 2.27. The van der Waals surface area contributed by atoms with Crippen molar-refractivity contribution in [3.05, 3.63) is 51.1 Å². The summed E-state index contributed by atoms with van der Waals surface area (Å²) in [6, 6.07) is 7.23. The molecule has 1 saturated heterocycles. The van der Waals surface area contributed by atoms with Crippen LogP contribution in [-0.2, 0) is 19.3 Å². The first kappa shape index (κ1) is 21.7. The summed E-state index contributed by atoms with van der Waals surface area (Å²) in [6.07, 6.45) is 8.06. The molecule has 5 rings (SSSR count). The third-order valence-electron chi connectivity index (χ3n) is 6.50. The van der Waals surface area contributed by atoms with Gasteiger partial charge in [-0.2, -0.15) is 0 Å². The van der Waals surface area contributed by atoms with Gasteiger partial charge in [0.25, 0.3) is 5.91 Å². The van der Waals surface area contributed by atoms with Crippen molar-refractivity contribution in [1.29, 1.82) is 0 Å². The van der Waals surface area contributed by atoms with Crippen LogP contribution in [0.15, 0.2) is 24.3 Å². The minimum absolute atomic E-state index is 0.0519. The summed E-state index contributed by atoms with van der Waals surface area (Å²) in [4.78, 5) is 30.0. The van der Waals surface area contributed by atoms with Gasteiger partial charge in [0.15, 0.2) is 0 Å². The Balaban J connectivity index is 1.43. The Labute approximate surface area is 198 Å². The van der Waals surface area contributed by atoms with E-state index in [-0.39, 0.29) is 5.91 Å². The van der Waals surface area contributed by atoms with Crippen molar-refractivity contribution in [1.82, 2.24) is 14.9 Å². The van der Waals surface area contributed by atoms with Gasteiger partial charge >= 0.3 is 0 Å². The van der Waals surface area contributed by atoms with E-state index in [0.717, 1.165) is 48.8 Å². The van der Waals surface area contributed by atoms with Crippen molar-refractivity contribution in [2.75, 3.05) is 31.1 Å². The first-order chi connectivity index (χ1) is 15.6. The van der Waals surface area contributed by atoms with Crippen molar-refractivity contribution >= 4 is 44.9 Å². The summed E-state index contributed by atoms with van der Waals surface area (Å²) in [6.45, 7) is 5.12. The van der Waals surface area contributed by atoms with Gasteiger partial charge in [-0.3, -0.25) is 4.79 Å². The van der Waals surface area contributed by atoms with Gasteiger partial charge in [0.05, 0.1) is 5.39 Å². The molecule has 0 spiro atoms. The third-order valence-corrected chi connectivity index (χ3v) is 7.92. The maximum Gasteiger partial charge on any atom is 0.254 e. The Bertz CT molecular complexity index is 1140. The Hall–Kier alpha value is -2.18. The summed E-state index contributed by atoms with van der Waals surface area (Å²) in [5.74, 6) is 2.09. The van der Waals surface area contributed by atoms with Gasteiger partial charge in [0.1, 0.15) is 16.5 Å². The number of carbonyl (C=O) groups is 1. The molecule has 1 fully saturated rings. The molecule has 32 heavy (non-hydrogen) atoms. The quantitative estimate of drug-likeness (QED) is 0.472. The topological polar surface area (TPSA) is 49.3 Å². The minimum atomic E-state index is 0.0519. The van der Waals surface area contributed by atoms with Gasteiger partial charge in [-0.1, -0.05) is 31.0 Å². The average Bonchev–Trinajstić information content (AvgIpc) is 2.99. The number of aromatic nitrogens is 2. The molecule has 0 radical (unpaired) electrons. The number of aryl methyl sites for hydroxylation is 3. The fraction of sp³-hybridized carbons (Fsp3) is 0.480. The number of amides is 1. The number of benzene rings is 1. The molecule has 2 aliphatic rings. The molecule has 2 aromatic heterocycles. The van der Waals surface area contributed by atoms with E-state index in [1.165, 1.54) is 41.5 Å². The van der Waals surface area contributed by atoms with Crippen LogP contribution in [0.1, 0.15) is 59.2 Å². The van der Waals surface area contributed by atoms with Crippen molar-refractivity contribution < 1.29 is 4.79 Å². The zero-order valence-corrected chi connectivity index (χ0v) is 20.1. The van der Waals surface area contributed by atoms with E-state index in [4.69, 9.17) is 21.6 Å². The predicted molar refractivity (Wildman–Crippen MR) is 132 cm³/mol. The monoisotopic (exact) mass is 468 g/mol. The highest BCUT2D eigenvalue weighted by molar-refractivity contribution is 7.19. The summed E-state index contributed by atoms with van der Waals surface area (Å²) >= 11 is 7.97. The highest BCUT2D eigenvalue weighted by Crippen LogP contribution is 2.39. The number of halogens is 1. The largest absolute Gasteiger partial charge is 0.352 e. The second-order valence-corrected chi connectivity index (χ2v) is 10.3. The van der Waals surface area contributed by atoms with Crippen LogP contribution in [0.2, 0.25) is 5.02 Å². The van der Waals surface area contributed by atoms with E-state index in [0.29, 0.717) is 23.7 Å². The smallest absolute Gasteiger partial charge is 0.254 e. The second kappa shape index (κ2) is 9.36. The molecule has 0 bridgehead atoms. The van der Waals surface area contributed by atoms with E-state index < -0.39 is 0 Å². The summed E-state index contributed by atoms with van der Waals surface area (Å²) in [5.41, 5.74) is 2.14. The summed E-state index contributed by atoms with van der Waals surface area (Å²) in [7, 11) is 0. The van der Waals surface area contributed by atoms with Gasteiger partial charge < -0.3 is 9.80 Å². The van der Waals surface area contributed by atoms with Crippen molar-refractivity contribution in [3.8, 4) is 0 Å². The lowest BCUT2D eigenvalue weighted by molar-refractivity contribution is 0.0746. The third kappa shape index (κ3) is 4.23. The van der Waals surface area contributed by atoms with Gasteiger partial charge in [0.2, 0.25) is 0 Å². The van der Waals surface area contributed by atoms with Crippen LogP contribution >= 0.6 is 22.9 Å². The molecule has 3 aromatic rings. The first-order valence-electron chi connectivity index (χ1n) is 11.7. The van der Waals surface area contributed by atoms with E-state index in [1.54, 1.807) is 12.1 Å². The molecule has 1 aromatic carbocycles. The summed E-state index contributed by atoms with van der Waals surface area (Å²) < 4.78 is 0. The molecular weight excluding hydrogens is 440 g/mol. The molecule has 1 amide bonds. The first-order valence-corrected chi connectivity index (χ1v) is 12.9. The zero-order chi connectivity index (χ0) is 22.1. The molecule has 5 nitrogen and oxygen atoms in total. The molecular formula is C25H29ClN4OS. The van der Waals surface area contributed by atoms with Gasteiger partial charge in [-0.25, -0.2) is 9.97 Å². The number of anilines is 1. The molecule has 0 unspecified atom stereocenters. The molecule has 7 heteroatoms. The van der Waals surface area contributed by atoms with Crippen LogP contribution in [-0.4, -0.2) is 47.0 Å². The lowest BCUT2D eigenvalue weighted by atomic mass is 10.1. The molecule has 3 heterocycles. The van der Waals surface area contributed by atoms with Crippen molar-refractivity contribution in [2.45, 2.75) is 51.9 Å². The van der Waals surface area contributed by atoms with E-state index in [1.807, 2.05) is 28.4 Å². The number of hydrogen-bond acceptors (Lipinski definition) is 5. The highest BCUT2D eigenvalue weighted by atomic mass is 35.5. The molecule has 0 N–H and O–H groups in total. The van der Waals surface area contributed by atoms with Crippen LogP contribution < -0.4 is 4.90 Å². The van der Waals surface area contributed by atoms with Crippen molar-refractivity contribution in [2.24, 2.45) is 0 Å². The molecule has 168 valence electrons. The maximum atomic E-state index is 13.0. The lowest BCUT2D eigenvalue weighted by Gasteiger charge is -2.36. The standard InChI is InChI=1S/C25H29ClN4OS/c1-2-7-21-27-23(22-19-10-4-3-5-11-20(19)32-24(22)28-21)29-12-14-30(15-13-29)25(31)17-8-6-9-18(26)16-17/h6,8-9,16H,2-5,7,10-15H2,1H3. The van der Waals surface area contributed by atoms with Crippen LogP contribution in [0.4, 0.5) is 5.82 Å². The Morgan fingerprint density at radius 1 is 1.09 bits per heavy atom. The predicted octanol–water partition coefficient (Wildman–Crippen LogP) is 5.53. The van der Waals surface area contributed by atoms with Gasteiger partial charge in [-0.05, 0) is 55.9 Å². The van der Waals surface area contributed by atoms with Crippen LogP contribution in [0.25, 0.3) is 10.2 Å². The number of fused-ring (bicyclic) bond motifs is 3. The van der Waals surface area contributed by atoms with Gasteiger partial charge in [0, 0.05) is 48.1 Å². The summed E-state index contributed by atoms with van der Waals surface area (Å²) in [5, 5.41) is 1.88. The number of nitrogens with zero attached hydrogens (tertiary/aromatic N) is 4. The molecule has 1 aliphatic heterocycles. The minimum Gasteiger partial charge on any atom is -0.352 e. The van der Waals surface area contributed by atoms with Crippen LogP contribution in [0.5, 0.6) is 0 Å². The normalized spacial score (nSPS) is 16.8. The second-order valence-electron chi connectivity index (χ2n) is 8.75. The average molecular weight is 469 g/mol. The van der Waals surface area contributed by atoms with Gasteiger partial charge in [-0.15, -0.1) is 11.3 Å². The number of hydrogen-bond donors (Lipinski definition) is 0. The van der Waals surface area contributed by atoms with E-state index >= 15 is 0 Å². The maximum absolute atomic E-state index is 13.0. The van der Waals surface area contributed by atoms with Crippen molar-refractivity contribution in [3.63, 3.8) is 0 Å². The Kier molecular flexibility index (Phi) is 6.33. The molecule has 0 saturated carbocycles. The fourth-order valence-corrected chi connectivity index (χ4v) is 6.31. The fourth-order valence-electron chi connectivity index (χ4n) is 4.85.